The third kappa shape index (κ3) is 1.96. The van der Waals surface area contributed by atoms with Gasteiger partial charge in [-0.05, 0) is 25.8 Å². The summed E-state index contributed by atoms with van der Waals surface area (Å²) in [6.07, 6.45) is 6.91. The minimum absolute atomic E-state index is 0.0158. The van der Waals surface area contributed by atoms with Gasteiger partial charge in [0.2, 0.25) is 5.95 Å². The molecule has 4 heterocycles. The van der Waals surface area contributed by atoms with Gasteiger partial charge in [-0.2, -0.15) is 0 Å². The quantitative estimate of drug-likeness (QED) is 0.831. The predicted octanol–water partition coefficient (Wildman–Crippen LogP) is 1.27. The van der Waals surface area contributed by atoms with Crippen molar-refractivity contribution in [1.29, 1.82) is 0 Å². The Bertz CT molecular complexity index is 686. The summed E-state index contributed by atoms with van der Waals surface area (Å²) in [5.41, 5.74) is 0.565. The molecule has 0 aliphatic carbocycles. The van der Waals surface area contributed by atoms with Crippen molar-refractivity contribution >= 4 is 11.9 Å². The molecule has 0 spiro atoms. The van der Waals surface area contributed by atoms with Crippen LogP contribution in [0.1, 0.15) is 29.0 Å². The Balaban J connectivity index is 1.56. The van der Waals surface area contributed by atoms with Gasteiger partial charge in [0.05, 0.1) is 18.3 Å². The summed E-state index contributed by atoms with van der Waals surface area (Å²) in [6.45, 7) is 3.40. The van der Waals surface area contributed by atoms with Crippen LogP contribution in [0.5, 0.6) is 0 Å². The minimum atomic E-state index is 0.0158. The molecule has 22 heavy (non-hydrogen) atoms. The maximum Gasteiger partial charge on any atom is 0.259 e. The van der Waals surface area contributed by atoms with Crippen LogP contribution >= 0.6 is 0 Å². The van der Waals surface area contributed by atoms with Crippen molar-refractivity contribution in [3.8, 4) is 0 Å². The fourth-order valence-electron chi connectivity index (χ4n) is 3.58. The molecule has 0 bridgehead atoms. The Kier molecular flexibility index (Phi) is 3.06. The van der Waals surface area contributed by atoms with Crippen molar-refractivity contribution in [1.82, 2.24) is 20.0 Å². The second-order valence-corrected chi connectivity index (χ2v) is 5.75. The number of carbonyl (C=O) groups excluding carboxylic acids is 1. The fourth-order valence-corrected chi connectivity index (χ4v) is 3.58. The largest absolute Gasteiger partial charge is 0.361 e. The third-order valence-corrected chi connectivity index (χ3v) is 4.63. The van der Waals surface area contributed by atoms with E-state index in [0.29, 0.717) is 17.4 Å². The van der Waals surface area contributed by atoms with Crippen LogP contribution in [0.4, 0.5) is 5.95 Å². The number of carbonyl (C=O) groups is 1. The summed E-state index contributed by atoms with van der Waals surface area (Å²) in [5.74, 6) is 1.35. The van der Waals surface area contributed by atoms with Crippen molar-refractivity contribution < 1.29 is 9.32 Å². The van der Waals surface area contributed by atoms with Gasteiger partial charge in [-0.15, -0.1) is 0 Å². The molecule has 114 valence electrons. The Hall–Kier alpha value is -2.44. The number of hydrogen-bond acceptors (Lipinski definition) is 6. The predicted molar refractivity (Wildman–Crippen MR) is 78.5 cm³/mol. The third-order valence-electron chi connectivity index (χ3n) is 4.63. The Morgan fingerprint density at radius 3 is 2.73 bits per heavy atom. The van der Waals surface area contributed by atoms with Gasteiger partial charge in [-0.25, -0.2) is 9.97 Å². The molecule has 4 rings (SSSR count). The van der Waals surface area contributed by atoms with Gasteiger partial charge in [0.15, 0.2) is 0 Å². The highest BCUT2D eigenvalue weighted by Gasteiger charge is 2.45. The smallest absolute Gasteiger partial charge is 0.259 e. The lowest BCUT2D eigenvalue weighted by Crippen LogP contribution is -2.40. The van der Waals surface area contributed by atoms with E-state index >= 15 is 0 Å². The van der Waals surface area contributed by atoms with Gasteiger partial charge in [-0.1, -0.05) is 5.16 Å². The molecular weight excluding hydrogens is 282 g/mol. The number of anilines is 1. The van der Waals surface area contributed by atoms with Crippen molar-refractivity contribution in [2.75, 3.05) is 18.0 Å². The first-order valence-electron chi connectivity index (χ1n) is 7.51. The number of fused-ring (bicyclic) bond motifs is 1. The Morgan fingerprint density at radius 2 is 2.00 bits per heavy atom. The number of amides is 1. The monoisotopic (exact) mass is 299 g/mol. The molecule has 0 aromatic carbocycles. The van der Waals surface area contributed by atoms with Gasteiger partial charge >= 0.3 is 0 Å². The maximum atomic E-state index is 12.7. The van der Waals surface area contributed by atoms with Gasteiger partial charge in [-0.3, -0.25) is 4.79 Å². The molecule has 0 N–H and O–H groups in total. The van der Waals surface area contributed by atoms with Crippen LogP contribution in [0.25, 0.3) is 0 Å². The number of aryl methyl sites for hydroxylation is 1. The lowest BCUT2D eigenvalue weighted by atomic mass is 10.1. The van der Waals surface area contributed by atoms with E-state index in [1.807, 2.05) is 11.0 Å². The van der Waals surface area contributed by atoms with Gasteiger partial charge in [0, 0.05) is 25.5 Å². The highest BCUT2D eigenvalue weighted by molar-refractivity contribution is 5.95. The molecule has 2 aliphatic rings. The lowest BCUT2D eigenvalue weighted by Gasteiger charge is -2.25. The zero-order valence-electron chi connectivity index (χ0n) is 12.3. The first-order valence-corrected chi connectivity index (χ1v) is 7.51. The van der Waals surface area contributed by atoms with E-state index in [9.17, 15) is 4.79 Å². The minimum Gasteiger partial charge on any atom is -0.361 e. The summed E-state index contributed by atoms with van der Waals surface area (Å²) >= 11 is 0. The second kappa shape index (κ2) is 5.08. The average Bonchev–Trinajstić information content (AvgIpc) is 3.23. The maximum absolute atomic E-state index is 12.7. The van der Waals surface area contributed by atoms with E-state index in [2.05, 4.69) is 20.0 Å². The van der Waals surface area contributed by atoms with Crippen molar-refractivity contribution in [2.24, 2.45) is 0 Å². The van der Waals surface area contributed by atoms with Crippen molar-refractivity contribution in [2.45, 2.75) is 31.8 Å². The molecule has 7 nitrogen and oxygen atoms in total. The number of hydrogen-bond donors (Lipinski definition) is 0. The average molecular weight is 299 g/mol. The number of rotatable bonds is 2. The van der Waals surface area contributed by atoms with Crippen LogP contribution in [0.2, 0.25) is 0 Å². The molecule has 2 fully saturated rings. The highest BCUT2D eigenvalue weighted by Crippen LogP contribution is 2.34. The molecule has 0 unspecified atom stereocenters. The van der Waals surface area contributed by atoms with Crippen LogP contribution in [0, 0.1) is 6.92 Å². The van der Waals surface area contributed by atoms with Crippen molar-refractivity contribution in [3.63, 3.8) is 0 Å². The zero-order chi connectivity index (χ0) is 15.1. The van der Waals surface area contributed by atoms with Gasteiger partial charge < -0.3 is 14.3 Å². The molecule has 2 aliphatic heterocycles. The molecular formula is C15H17N5O2. The summed E-state index contributed by atoms with van der Waals surface area (Å²) in [5, 5.41) is 3.71. The van der Waals surface area contributed by atoms with Crippen molar-refractivity contribution in [3.05, 3.63) is 36.0 Å². The Labute approximate surface area is 127 Å². The van der Waals surface area contributed by atoms with Gasteiger partial charge in [0.25, 0.3) is 5.91 Å². The zero-order valence-corrected chi connectivity index (χ0v) is 12.3. The number of nitrogens with zero attached hydrogens (tertiary/aromatic N) is 5. The van der Waals surface area contributed by atoms with E-state index in [4.69, 9.17) is 4.52 Å². The standard InChI is InChI=1S/C15H17N5O2/c1-10-11(9-18-22-10)14(21)19-7-3-13-12(19)4-8-20(13)15-16-5-2-6-17-15/h2,5-6,9,12-13H,3-4,7-8H2,1H3/t12-,13+/m0/s1. The van der Waals surface area contributed by atoms with Gasteiger partial charge in [0.1, 0.15) is 11.3 Å². The number of aromatic nitrogens is 3. The van der Waals surface area contributed by atoms with E-state index < -0.39 is 0 Å². The van der Waals surface area contributed by atoms with E-state index in [-0.39, 0.29) is 11.9 Å². The number of likely N-dealkylation sites (tertiary alicyclic amines) is 1. The van der Waals surface area contributed by atoms with E-state index in [0.717, 1.165) is 31.9 Å². The molecule has 0 radical (unpaired) electrons. The SMILES string of the molecule is Cc1oncc1C(=O)N1CC[C@@H]2[C@@H]1CCN2c1ncccn1. The summed E-state index contributed by atoms with van der Waals surface area (Å²) in [7, 11) is 0. The molecule has 2 saturated heterocycles. The van der Waals surface area contributed by atoms with Crippen LogP contribution in [0.3, 0.4) is 0 Å². The highest BCUT2D eigenvalue weighted by atomic mass is 16.5. The molecule has 0 saturated carbocycles. The lowest BCUT2D eigenvalue weighted by molar-refractivity contribution is 0.0735. The van der Waals surface area contributed by atoms with Crippen LogP contribution in [-0.2, 0) is 0 Å². The normalized spacial score (nSPS) is 23.9. The fraction of sp³-hybridized carbons (Fsp3) is 0.467. The summed E-state index contributed by atoms with van der Waals surface area (Å²) in [4.78, 5) is 25.5. The Morgan fingerprint density at radius 1 is 1.23 bits per heavy atom. The topological polar surface area (TPSA) is 75.4 Å². The van der Waals surface area contributed by atoms with Crippen LogP contribution in [0.15, 0.2) is 29.2 Å². The first kappa shape index (κ1) is 13.2. The summed E-state index contributed by atoms with van der Waals surface area (Å²) < 4.78 is 5.02. The van der Waals surface area contributed by atoms with Crippen LogP contribution in [-0.4, -0.2) is 51.1 Å². The first-order chi connectivity index (χ1) is 10.8. The van der Waals surface area contributed by atoms with Crippen LogP contribution < -0.4 is 4.90 Å². The molecule has 2 aromatic rings. The summed E-state index contributed by atoms with van der Waals surface area (Å²) in [6, 6.07) is 2.33. The molecule has 7 heteroatoms. The van der Waals surface area contributed by atoms with E-state index in [1.54, 1.807) is 19.3 Å². The molecule has 2 aromatic heterocycles. The van der Waals surface area contributed by atoms with E-state index in [1.165, 1.54) is 6.20 Å². The second-order valence-electron chi connectivity index (χ2n) is 5.75. The molecule has 2 atom stereocenters. The molecule has 1 amide bonds.